The molecule has 2 aromatic carbocycles. The number of esters is 1. The largest absolute Gasteiger partial charge is 0.497 e. The summed E-state index contributed by atoms with van der Waals surface area (Å²) in [6.45, 7) is 2.70. The average Bonchev–Trinajstić information content (AvgIpc) is 3.22. The van der Waals surface area contributed by atoms with Crippen molar-refractivity contribution in [3.05, 3.63) is 42.0 Å². The number of rotatable bonds is 7. The molecule has 6 heteroatoms. The topological polar surface area (TPSA) is 73.9 Å². The van der Waals surface area contributed by atoms with Gasteiger partial charge in [-0.1, -0.05) is 24.3 Å². The molecule has 1 fully saturated rings. The average molecular weight is 371 g/mol. The minimum atomic E-state index is -0.456. The quantitative estimate of drug-likeness (QED) is 0.758. The van der Waals surface area contributed by atoms with E-state index >= 15 is 0 Å². The summed E-state index contributed by atoms with van der Waals surface area (Å²) in [5, 5.41) is 4.79. The highest BCUT2D eigenvalue weighted by molar-refractivity contribution is 5.87. The Balaban J connectivity index is 1.53. The van der Waals surface area contributed by atoms with Crippen LogP contribution >= 0.6 is 0 Å². The van der Waals surface area contributed by atoms with Crippen LogP contribution in [0.1, 0.15) is 31.2 Å². The van der Waals surface area contributed by atoms with Crippen LogP contribution in [0.3, 0.4) is 0 Å². The molecule has 0 bridgehead atoms. The van der Waals surface area contributed by atoms with Crippen LogP contribution in [0, 0.1) is 0 Å². The van der Waals surface area contributed by atoms with Gasteiger partial charge in [0.1, 0.15) is 5.75 Å². The lowest BCUT2D eigenvalue weighted by Crippen LogP contribution is -2.35. The molecule has 144 valence electrons. The number of fused-ring (bicyclic) bond motifs is 1. The highest BCUT2D eigenvalue weighted by Crippen LogP contribution is 2.25. The van der Waals surface area contributed by atoms with Crippen molar-refractivity contribution in [1.82, 2.24) is 5.32 Å². The Morgan fingerprint density at radius 3 is 2.74 bits per heavy atom. The summed E-state index contributed by atoms with van der Waals surface area (Å²) in [4.78, 5) is 24.1. The Morgan fingerprint density at radius 2 is 2.00 bits per heavy atom. The maximum Gasteiger partial charge on any atom is 0.313 e. The van der Waals surface area contributed by atoms with E-state index in [2.05, 4.69) is 5.32 Å². The summed E-state index contributed by atoms with van der Waals surface area (Å²) in [5.74, 6) is -0.397. The summed E-state index contributed by atoms with van der Waals surface area (Å²) in [5.41, 5.74) is 0.845. The van der Waals surface area contributed by atoms with Gasteiger partial charge in [-0.3, -0.25) is 9.59 Å². The number of hydrogen-bond donors (Lipinski definition) is 1. The molecule has 0 aliphatic carbocycles. The Hall–Kier alpha value is -2.60. The molecule has 0 unspecified atom stereocenters. The molecule has 1 aliphatic rings. The second kappa shape index (κ2) is 8.86. The van der Waals surface area contributed by atoms with Gasteiger partial charge in [-0.25, -0.2) is 0 Å². The lowest BCUT2D eigenvalue weighted by Gasteiger charge is -2.14. The van der Waals surface area contributed by atoms with E-state index in [-0.39, 0.29) is 18.6 Å². The predicted molar refractivity (Wildman–Crippen MR) is 102 cm³/mol. The van der Waals surface area contributed by atoms with Crippen molar-refractivity contribution >= 4 is 22.6 Å². The first kappa shape index (κ1) is 19.2. The second-order valence-electron chi connectivity index (χ2n) is 6.74. The number of ether oxygens (including phenoxy) is 3. The molecular weight excluding hydrogens is 346 g/mol. The first-order chi connectivity index (χ1) is 13.1. The van der Waals surface area contributed by atoms with Crippen molar-refractivity contribution < 1.29 is 23.8 Å². The van der Waals surface area contributed by atoms with Gasteiger partial charge < -0.3 is 19.5 Å². The summed E-state index contributed by atoms with van der Waals surface area (Å²) in [7, 11) is 1.63. The molecular formula is C21H25NO5. The van der Waals surface area contributed by atoms with Gasteiger partial charge >= 0.3 is 5.97 Å². The van der Waals surface area contributed by atoms with Gasteiger partial charge in [-0.15, -0.1) is 0 Å². The van der Waals surface area contributed by atoms with Gasteiger partial charge in [0.2, 0.25) is 0 Å². The van der Waals surface area contributed by atoms with Gasteiger partial charge in [0.15, 0.2) is 6.61 Å². The summed E-state index contributed by atoms with van der Waals surface area (Å²) in [6.07, 6.45) is 2.04. The number of amides is 1. The van der Waals surface area contributed by atoms with Crippen molar-refractivity contribution in [2.75, 3.05) is 26.9 Å². The van der Waals surface area contributed by atoms with Crippen LogP contribution in [0.25, 0.3) is 10.8 Å². The number of benzene rings is 2. The maximum atomic E-state index is 12.3. The third-order valence-corrected chi connectivity index (χ3v) is 4.82. The van der Waals surface area contributed by atoms with Crippen LogP contribution in [0.4, 0.5) is 0 Å². The zero-order chi connectivity index (χ0) is 19.2. The van der Waals surface area contributed by atoms with Crippen LogP contribution < -0.4 is 10.1 Å². The highest BCUT2D eigenvalue weighted by Gasteiger charge is 2.20. The lowest BCUT2D eigenvalue weighted by molar-refractivity contribution is -0.149. The third kappa shape index (κ3) is 4.98. The van der Waals surface area contributed by atoms with E-state index in [1.165, 1.54) is 0 Å². The molecule has 1 aliphatic heterocycles. The van der Waals surface area contributed by atoms with Gasteiger partial charge in [-0.2, -0.15) is 0 Å². The summed E-state index contributed by atoms with van der Waals surface area (Å²) < 4.78 is 15.8. The zero-order valence-corrected chi connectivity index (χ0v) is 15.7. The standard InChI is InChI=1S/C21H25NO5/c1-14(15-5-6-17-11-18(25-2)8-7-16(17)10-15)21(24)27-13-20(23)22-12-19-4-3-9-26-19/h5-8,10-11,14,19H,3-4,9,12-13H2,1-2H3,(H,22,23)/t14-,19+/m0/s1. The number of carbonyl (C=O) groups is 2. The molecule has 6 nitrogen and oxygen atoms in total. The smallest absolute Gasteiger partial charge is 0.313 e. The molecule has 1 saturated heterocycles. The van der Waals surface area contributed by atoms with E-state index in [0.717, 1.165) is 41.5 Å². The SMILES string of the molecule is COc1ccc2cc([C@H](C)C(=O)OCC(=O)NC[C@H]3CCCO3)ccc2c1. The van der Waals surface area contributed by atoms with Crippen molar-refractivity contribution in [3.63, 3.8) is 0 Å². The van der Waals surface area contributed by atoms with E-state index in [9.17, 15) is 9.59 Å². The van der Waals surface area contributed by atoms with Crippen LogP contribution in [0.5, 0.6) is 5.75 Å². The van der Waals surface area contributed by atoms with Crippen LogP contribution in [-0.4, -0.2) is 44.8 Å². The minimum Gasteiger partial charge on any atom is -0.497 e. The number of nitrogens with one attached hydrogen (secondary N) is 1. The van der Waals surface area contributed by atoms with Gasteiger partial charge in [0, 0.05) is 13.2 Å². The van der Waals surface area contributed by atoms with Crippen molar-refractivity contribution in [3.8, 4) is 5.75 Å². The van der Waals surface area contributed by atoms with E-state index in [4.69, 9.17) is 14.2 Å². The van der Waals surface area contributed by atoms with Crippen LogP contribution in [0.2, 0.25) is 0 Å². The minimum absolute atomic E-state index is 0.0693. The van der Waals surface area contributed by atoms with Crippen molar-refractivity contribution in [1.29, 1.82) is 0 Å². The van der Waals surface area contributed by atoms with Crippen LogP contribution in [0.15, 0.2) is 36.4 Å². The van der Waals surface area contributed by atoms with E-state index < -0.39 is 11.9 Å². The molecule has 0 saturated carbocycles. The van der Waals surface area contributed by atoms with E-state index in [1.54, 1.807) is 14.0 Å². The Bertz CT molecular complexity index is 813. The van der Waals surface area contributed by atoms with Gasteiger partial charge in [0.25, 0.3) is 5.91 Å². The number of carbonyl (C=O) groups excluding carboxylic acids is 2. The molecule has 2 aromatic rings. The zero-order valence-electron chi connectivity index (χ0n) is 15.7. The molecule has 0 aromatic heterocycles. The Kier molecular flexibility index (Phi) is 6.29. The maximum absolute atomic E-state index is 12.3. The molecule has 0 radical (unpaired) electrons. The molecule has 27 heavy (non-hydrogen) atoms. The normalized spacial score (nSPS) is 17.5. The third-order valence-electron chi connectivity index (χ3n) is 4.82. The van der Waals surface area contributed by atoms with Gasteiger partial charge in [-0.05, 0) is 48.2 Å². The number of methoxy groups -OCH3 is 1. The number of hydrogen-bond acceptors (Lipinski definition) is 5. The lowest BCUT2D eigenvalue weighted by atomic mass is 9.98. The first-order valence-corrected chi connectivity index (χ1v) is 9.19. The highest BCUT2D eigenvalue weighted by atomic mass is 16.5. The van der Waals surface area contributed by atoms with Crippen molar-refractivity contribution in [2.45, 2.75) is 31.8 Å². The molecule has 1 amide bonds. The predicted octanol–water partition coefficient (Wildman–Crippen LogP) is 2.79. The van der Waals surface area contributed by atoms with Gasteiger partial charge in [0.05, 0.1) is 19.1 Å². The molecule has 1 N–H and O–H groups in total. The Labute approximate surface area is 158 Å². The summed E-state index contributed by atoms with van der Waals surface area (Å²) >= 11 is 0. The van der Waals surface area contributed by atoms with Crippen LogP contribution in [-0.2, 0) is 19.1 Å². The monoisotopic (exact) mass is 371 g/mol. The fourth-order valence-corrected chi connectivity index (χ4v) is 3.12. The second-order valence-corrected chi connectivity index (χ2v) is 6.74. The molecule has 0 spiro atoms. The van der Waals surface area contributed by atoms with Crippen molar-refractivity contribution in [2.24, 2.45) is 0 Å². The fraction of sp³-hybridized carbons (Fsp3) is 0.429. The molecule has 3 rings (SSSR count). The molecule has 2 atom stereocenters. The molecule has 1 heterocycles. The van der Waals surface area contributed by atoms with E-state index in [0.29, 0.717) is 6.54 Å². The fourth-order valence-electron chi connectivity index (χ4n) is 3.12. The summed E-state index contributed by atoms with van der Waals surface area (Å²) in [6, 6.07) is 11.6. The Morgan fingerprint density at radius 1 is 1.22 bits per heavy atom. The van der Waals surface area contributed by atoms with E-state index in [1.807, 2.05) is 36.4 Å². The first-order valence-electron chi connectivity index (χ1n) is 9.19.